The summed E-state index contributed by atoms with van der Waals surface area (Å²) in [6, 6.07) is 2.19. The highest BCUT2D eigenvalue weighted by atomic mass is 16.5. The van der Waals surface area contributed by atoms with Gasteiger partial charge >= 0.3 is 5.97 Å². The first-order valence-electron chi connectivity index (χ1n) is 5.24. The van der Waals surface area contributed by atoms with Crippen LogP contribution in [0.15, 0.2) is 0 Å². The summed E-state index contributed by atoms with van der Waals surface area (Å²) in [4.78, 5) is 13.3. The number of carbonyl (C=O) groups excluding carboxylic acids is 1. The van der Waals surface area contributed by atoms with Crippen LogP contribution in [-0.4, -0.2) is 37.6 Å². The molecule has 0 bridgehead atoms. The van der Waals surface area contributed by atoms with Gasteiger partial charge in [0, 0.05) is 13.1 Å². The minimum atomic E-state index is -0.196. The average Bonchev–Trinajstić information content (AvgIpc) is 2.26. The zero-order valence-corrected chi connectivity index (χ0v) is 9.99. The number of ether oxygens (including phenoxy) is 1. The maximum absolute atomic E-state index is 11.2. The minimum Gasteiger partial charge on any atom is -0.469 e. The Labute approximate surface area is 91.8 Å². The molecule has 0 aliphatic carbocycles. The normalized spacial score (nSPS) is 14.4. The SMILES string of the molecule is CCN(CC(C)C#N)CC(C)C(=O)OC. The fraction of sp³-hybridized carbons (Fsp3) is 0.818. The Morgan fingerprint density at radius 1 is 1.47 bits per heavy atom. The number of hydrogen-bond donors (Lipinski definition) is 0. The van der Waals surface area contributed by atoms with E-state index >= 15 is 0 Å². The molecule has 0 aliphatic heterocycles. The molecule has 0 rings (SSSR count). The monoisotopic (exact) mass is 212 g/mol. The molecule has 0 saturated carbocycles. The van der Waals surface area contributed by atoms with Crippen molar-refractivity contribution >= 4 is 5.97 Å². The van der Waals surface area contributed by atoms with Crippen molar-refractivity contribution in [2.45, 2.75) is 20.8 Å². The lowest BCUT2D eigenvalue weighted by molar-refractivity contribution is -0.145. The summed E-state index contributed by atoms with van der Waals surface area (Å²) in [7, 11) is 1.40. The highest BCUT2D eigenvalue weighted by molar-refractivity contribution is 5.72. The summed E-state index contributed by atoms with van der Waals surface area (Å²) in [5.41, 5.74) is 0. The van der Waals surface area contributed by atoms with Gasteiger partial charge in [0.15, 0.2) is 0 Å². The third-order valence-corrected chi connectivity index (χ3v) is 2.34. The molecule has 2 atom stereocenters. The minimum absolute atomic E-state index is 0.00482. The second-order valence-electron chi connectivity index (χ2n) is 3.81. The number of esters is 1. The van der Waals surface area contributed by atoms with Gasteiger partial charge in [0.2, 0.25) is 0 Å². The van der Waals surface area contributed by atoms with E-state index < -0.39 is 0 Å². The molecular weight excluding hydrogens is 192 g/mol. The molecule has 0 saturated heterocycles. The van der Waals surface area contributed by atoms with Crippen molar-refractivity contribution in [2.24, 2.45) is 11.8 Å². The highest BCUT2D eigenvalue weighted by Gasteiger charge is 2.17. The fourth-order valence-corrected chi connectivity index (χ4v) is 1.42. The van der Waals surface area contributed by atoms with Gasteiger partial charge in [0.1, 0.15) is 0 Å². The smallest absolute Gasteiger partial charge is 0.309 e. The first-order valence-corrected chi connectivity index (χ1v) is 5.24. The van der Waals surface area contributed by atoms with Gasteiger partial charge in [-0.05, 0) is 13.5 Å². The van der Waals surface area contributed by atoms with Crippen molar-refractivity contribution in [1.82, 2.24) is 4.90 Å². The van der Waals surface area contributed by atoms with E-state index in [-0.39, 0.29) is 17.8 Å². The standard InChI is InChI=1S/C11H20N2O2/c1-5-13(7-9(2)6-12)8-10(3)11(14)15-4/h9-10H,5,7-8H2,1-4H3. The Morgan fingerprint density at radius 2 is 2.07 bits per heavy atom. The molecule has 0 aromatic carbocycles. The van der Waals surface area contributed by atoms with Crippen LogP contribution in [0.4, 0.5) is 0 Å². The van der Waals surface area contributed by atoms with Crippen molar-refractivity contribution in [3.05, 3.63) is 0 Å². The van der Waals surface area contributed by atoms with Gasteiger partial charge in [-0.3, -0.25) is 4.79 Å². The Balaban J connectivity index is 4.10. The fourth-order valence-electron chi connectivity index (χ4n) is 1.42. The molecule has 0 N–H and O–H groups in total. The maximum Gasteiger partial charge on any atom is 0.309 e. The molecule has 0 radical (unpaired) electrons. The third-order valence-electron chi connectivity index (χ3n) is 2.34. The summed E-state index contributed by atoms with van der Waals surface area (Å²) < 4.78 is 4.66. The van der Waals surface area contributed by atoms with Gasteiger partial charge < -0.3 is 9.64 Å². The number of rotatable bonds is 6. The molecule has 4 heteroatoms. The average molecular weight is 212 g/mol. The maximum atomic E-state index is 11.2. The Hall–Kier alpha value is -1.08. The van der Waals surface area contributed by atoms with E-state index in [0.29, 0.717) is 13.1 Å². The Morgan fingerprint density at radius 3 is 2.47 bits per heavy atom. The molecule has 0 heterocycles. The van der Waals surface area contributed by atoms with Crippen molar-refractivity contribution in [1.29, 1.82) is 5.26 Å². The first-order chi connectivity index (χ1) is 7.04. The van der Waals surface area contributed by atoms with Gasteiger partial charge in [-0.25, -0.2) is 0 Å². The molecule has 2 unspecified atom stereocenters. The number of carbonyl (C=O) groups is 1. The summed E-state index contributed by atoms with van der Waals surface area (Å²) in [6.45, 7) is 7.93. The predicted molar refractivity (Wildman–Crippen MR) is 58.1 cm³/mol. The zero-order valence-electron chi connectivity index (χ0n) is 9.99. The summed E-state index contributed by atoms with van der Waals surface area (Å²) in [6.07, 6.45) is 0. The highest BCUT2D eigenvalue weighted by Crippen LogP contribution is 2.05. The van der Waals surface area contributed by atoms with Crippen LogP contribution < -0.4 is 0 Å². The van der Waals surface area contributed by atoms with Crippen LogP contribution in [0.2, 0.25) is 0 Å². The number of hydrogen-bond acceptors (Lipinski definition) is 4. The zero-order chi connectivity index (χ0) is 11.8. The molecule has 0 spiro atoms. The lowest BCUT2D eigenvalue weighted by atomic mass is 10.1. The van der Waals surface area contributed by atoms with E-state index in [2.05, 4.69) is 15.7 Å². The molecule has 4 nitrogen and oxygen atoms in total. The van der Waals surface area contributed by atoms with Crippen molar-refractivity contribution < 1.29 is 9.53 Å². The van der Waals surface area contributed by atoms with Gasteiger partial charge in [0.25, 0.3) is 0 Å². The van der Waals surface area contributed by atoms with Crippen LogP contribution in [-0.2, 0) is 9.53 Å². The lowest BCUT2D eigenvalue weighted by Gasteiger charge is -2.23. The topological polar surface area (TPSA) is 53.3 Å². The van der Waals surface area contributed by atoms with E-state index in [1.54, 1.807) is 0 Å². The third kappa shape index (κ3) is 5.38. The molecule has 0 amide bonds. The molecule has 0 aliphatic rings. The van der Waals surface area contributed by atoms with E-state index in [1.807, 2.05) is 20.8 Å². The number of methoxy groups -OCH3 is 1. The summed E-state index contributed by atoms with van der Waals surface area (Å²) in [5.74, 6) is -0.339. The van der Waals surface area contributed by atoms with Crippen LogP contribution in [0.5, 0.6) is 0 Å². The predicted octanol–water partition coefficient (Wildman–Crippen LogP) is 1.28. The molecule has 0 aromatic heterocycles. The summed E-state index contributed by atoms with van der Waals surface area (Å²) >= 11 is 0. The summed E-state index contributed by atoms with van der Waals surface area (Å²) in [5, 5.41) is 8.70. The first kappa shape index (κ1) is 13.9. The second kappa shape index (κ2) is 7.24. The molecule has 0 fully saturated rings. The number of nitriles is 1. The molecule has 15 heavy (non-hydrogen) atoms. The number of nitrogens with zero attached hydrogens (tertiary/aromatic N) is 2. The van der Waals surface area contributed by atoms with Crippen LogP contribution in [0, 0.1) is 23.2 Å². The van der Waals surface area contributed by atoms with Crippen molar-refractivity contribution in [3.63, 3.8) is 0 Å². The van der Waals surface area contributed by atoms with E-state index in [0.717, 1.165) is 6.54 Å². The van der Waals surface area contributed by atoms with Gasteiger partial charge in [0.05, 0.1) is 25.0 Å². The van der Waals surface area contributed by atoms with E-state index in [4.69, 9.17) is 5.26 Å². The van der Waals surface area contributed by atoms with Gasteiger partial charge in [-0.2, -0.15) is 5.26 Å². The van der Waals surface area contributed by atoms with Crippen LogP contribution in [0.1, 0.15) is 20.8 Å². The Bertz CT molecular complexity index is 235. The molecular formula is C11H20N2O2. The Kier molecular flexibility index (Phi) is 6.72. The molecule has 86 valence electrons. The van der Waals surface area contributed by atoms with Crippen molar-refractivity contribution in [3.8, 4) is 6.07 Å². The quantitative estimate of drug-likeness (QED) is 0.622. The van der Waals surface area contributed by atoms with Gasteiger partial charge in [-0.1, -0.05) is 13.8 Å². The second-order valence-corrected chi connectivity index (χ2v) is 3.81. The van der Waals surface area contributed by atoms with Crippen LogP contribution in [0.25, 0.3) is 0 Å². The van der Waals surface area contributed by atoms with E-state index in [1.165, 1.54) is 7.11 Å². The van der Waals surface area contributed by atoms with Crippen LogP contribution in [0.3, 0.4) is 0 Å². The van der Waals surface area contributed by atoms with Crippen LogP contribution >= 0.6 is 0 Å². The lowest BCUT2D eigenvalue weighted by Crippen LogP contribution is -2.35. The van der Waals surface area contributed by atoms with Crippen molar-refractivity contribution in [2.75, 3.05) is 26.7 Å². The van der Waals surface area contributed by atoms with E-state index in [9.17, 15) is 4.79 Å². The molecule has 0 aromatic rings. The largest absolute Gasteiger partial charge is 0.469 e. The van der Waals surface area contributed by atoms with Gasteiger partial charge in [-0.15, -0.1) is 0 Å².